The minimum Gasteiger partial charge on any atom is -0.507 e. The van der Waals surface area contributed by atoms with Crippen LogP contribution < -0.4 is 5.32 Å². The molecule has 2 N–H and O–H groups in total. The molecule has 0 bridgehead atoms. The summed E-state index contributed by atoms with van der Waals surface area (Å²) in [5.74, 6) is -0.385. The van der Waals surface area contributed by atoms with E-state index in [4.69, 9.17) is 0 Å². The molecule has 0 aliphatic carbocycles. The molecule has 0 atom stereocenters. The quantitative estimate of drug-likeness (QED) is 0.844. The van der Waals surface area contributed by atoms with E-state index in [0.29, 0.717) is 5.56 Å². The molecule has 0 fully saturated rings. The van der Waals surface area contributed by atoms with E-state index in [2.05, 4.69) is 15.5 Å². The first kappa shape index (κ1) is 14.7. The molecule has 21 heavy (non-hydrogen) atoms. The lowest BCUT2D eigenvalue weighted by molar-refractivity contribution is 0.0960. The van der Waals surface area contributed by atoms with Gasteiger partial charge in [-0.15, -0.1) is 0 Å². The van der Waals surface area contributed by atoms with Crippen molar-refractivity contribution in [2.45, 2.75) is 13.5 Å². The van der Waals surface area contributed by atoms with Crippen molar-refractivity contribution in [1.29, 1.82) is 0 Å². The fourth-order valence-corrected chi connectivity index (χ4v) is 1.84. The van der Waals surface area contributed by atoms with Crippen LogP contribution in [-0.4, -0.2) is 18.1 Å². The molecular weight excluding hydrogens is 266 g/mol. The highest BCUT2D eigenvalue weighted by Gasteiger charge is 2.12. The van der Waals surface area contributed by atoms with Crippen molar-refractivity contribution in [3.63, 3.8) is 0 Å². The lowest BCUT2D eigenvalue weighted by Crippen LogP contribution is -2.18. The molecule has 5 nitrogen and oxygen atoms in total. The molecule has 0 radical (unpaired) electrons. The maximum Gasteiger partial charge on any atom is 0.254 e. The van der Waals surface area contributed by atoms with Crippen LogP contribution in [0, 0.1) is 6.92 Å². The maximum atomic E-state index is 11.6. The predicted molar refractivity (Wildman–Crippen MR) is 80.9 cm³/mol. The van der Waals surface area contributed by atoms with Crippen molar-refractivity contribution in [2.75, 3.05) is 7.05 Å². The Kier molecular flexibility index (Phi) is 4.66. The normalized spacial score (nSPS) is 10.8. The van der Waals surface area contributed by atoms with Crippen LogP contribution >= 0.6 is 0 Å². The van der Waals surface area contributed by atoms with E-state index in [1.165, 1.54) is 7.05 Å². The van der Waals surface area contributed by atoms with Gasteiger partial charge < -0.3 is 10.4 Å². The standard InChI is InChI=1S/C16H17N3O2/c1-11-6-8-13(9-7-11)19-18-10-12-4-3-5-14(15(12)20)16(21)17-2/h3-9,20H,10H2,1-2H3,(H,17,21). The third kappa shape index (κ3) is 3.66. The molecule has 0 aliphatic rings. The minimum absolute atomic E-state index is 0.0558. The molecule has 1 amide bonds. The Balaban J connectivity index is 2.13. The number of nitrogens with zero attached hydrogens (tertiary/aromatic N) is 2. The Hall–Kier alpha value is -2.69. The van der Waals surface area contributed by atoms with Gasteiger partial charge >= 0.3 is 0 Å². The summed E-state index contributed by atoms with van der Waals surface area (Å²) in [5.41, 5.74) is 2.71. The van der Waals surface area contributed by atoms with Gasteiger partial charge in [0.15, 0.2) is 0 Å². The fraction of sp³-hybridized carbons (Fsp3) is 0.188. The number of rotatable bonds is 4. The summed E-state index contributed by atoms with van der Waals surface area (Å²) in [7, 11) is 1.52. The second-order valence-electron chi connectivity index (χ2n) is 4.63. The van der Waals surface area contributed by atoms with Crippen molar-refractivity contribution in [2.24, 2.45) is 10.2 Å². The highest BCUT2D eigenvalue weighted by Crippen LogP contribution is 2.23. The van der Waals surface area contributed by atoms with Crippen LogP contribution in [0.25, 0.3) is 0 Å². The molecule has 2 rings (SSSR count). The number of carbonyl (C=O) groups is 1. The summed E-state index contributed by atoms with van der Waals surface area (Å²) in [6, 6.07) is 12.7. The van der Waals surface area contributed by atoms with Crippen molar-refractivity contribution in [3.05, 3.63) is 59.2 Å². The van der Waals surface area contributed by atoms with E-state index >= 15 is 0 Å². The Labute approximate surface area is 123 Å². The van der Waals surface area contributed by atoms with Crippen LogP contribution in [0.4, 0.5) is 5.69 Å². The average Bonchev–Trinajstić information content (AvgIpc) is 2.50. The second-order valence-corrected chi connectivity index (χ2v) is 4.63. The number of nitrogens with one attached hydrogen (secondary N) is 1. The molecule has 108 valence electrons. The highest BCUT2D eigenvalue weighted by atomic mass is 16.3. The van der Waals surface area contributed by atoms with Gasteiger partial charge in [0.2, 0.25) is 0 Å². The highest BCUT2D eigenvalue weighted by molar-refractivity contribution is 5.97. The third-order valence-electron chi connectivity index (χ3n) is 3.05. The van der Waals surface area contributed by atoms with Gasteiger partial charge in [0.1, 0.15) is 5.75 Å². The van der Waals surface area contributed by atoms with Crippen LogP contribution in [0.5, 0.6) is 5.75 Å². The Morgan fingerprint density at radius 1 is 1.19 bits per heavy atom. The second kappa shape index (κ2) is 6.65. The molecule has 0 heterocycles. The fourth-order valence-electron chi connectivity index (χ4n) is 1.84. The molecule has 0 unspecified atom stereocenters. The summed E-state index contributed by atoms with van der Waals surface area (Å²) < 4.78 is 0. The lowest BCUT2D eigenvalue weighted by Gasteiger charge is -2.06. The van der Waals surface area contributed by atoms with Crippen LogP contribution in [0.3, 0.4) is 0 Å². The van der Waals surface area contributed by atoms with Crippen LogP contribution in [0.2, 0.25) is 0 Å². The largest absolute Gasteiger partial charge is 0.507 e. The number of phenolic OH excluding ortho intramolecular Hbond substituents is 1. The zero-order valence-electron chi connectivity index (χ0n) is 12.0. The monoisotopic (exact) mass is 283 g/mol. The van der Waals surface area contributed by atoms with Gasteiger partial charge in [-0.1, -0.05) is 29.8 Å². The summed E-state index contributed by atoms with van der Waals surface area (Å²) in [6.07, 6.45) is 0. The van der Waals surface area contributed by atoms with E-state index in [0.717, 1.165) is 11.3 Å². The van der Waals surface area contributed by atoms with Gasteiger partial charge in [-0.05, 0) is 25.1 Å². The van der Waals surface area contributed by atoms with Crippen molar-refractivity contribution >= 4 is 11.6 Å². The number of aromatic hydroxyl groups is 1. The average molecular weight is 283 g/mol. The maximum absolute atomic E-state index is 11.6. The number of carbonyl (C=O) groups excluding carboxylic acids is 1. The minimum atomic E-state index is -0.329. The summed E-state index contributed by atoms with van der Waals surface area (Å²) >= 11 is 0. The first-order valence-electron chi connectivity index (χ1n) is 6.59. The Morgan fingerprint density at radius 2 is 1.90 bits per heavy atom. The lowest BCUT2D eigenvalue weighted by atomic mass is 10.1. The molecule has 2 aromatic rings. The topological polar surface area (TPSA) is 74.0 Å². The number of aryl methyl sites for hydroxylation is 1. The molecule has 0 saturated heterocycles. The van der Waals surface area contributed by atoms with Crippen LogP contribution in [0.15, 0.2) is 52.7 Å². The summed E-state index contributed by atoms with van der Waals surface area (Å²) in [4.78, 5) is 11.6. The van der Waals surface area contributed by atoms with E-state index in [9.17, 15) is 9.90 Å². The van der Waals surface area contributed by atoms with E-state index in [1.54, 1.807) is 18.2 Å². The number of hydrogen-bond donors (Lipinski definition) is 2. The van der Waals surface area contributed by atoms with Crippen LogP contribution in [-0.2, 0) is 6.54 Å². The van der Waals surface area contributed by atoms with Crippen molar-refractivity contribution in [1.82, 2.24) is 5.32 Å². The van der Waals surface area contributed by atoms with E-state index in [1.807, 2.05) is 31.2 Å². The first-order valence-corrected chi connectivity index (χ1v) is 6.59. The number of para-hydroxylation sites is 1. The molecule has 5 heteroatoms. The number of azo groups is 1. The van der Waals surface area contributed by atoms with Gasteiger partial charge in [-0.3, -0.25) is 4.79 Å². The summed E-state index contributed by atoms with van der Waals surface area (Å²) in [5, 5.41) is 20.7. The van der Waals surface area contributed by atoms with Crippen molar-refractivity contribution < 1.29 is 9.90 Å². The molecule has 0 aromatic heterocycles. The van der Waals surface area contributed by atoms with Crippen LogP contribution in [0.1, 0.15) is 21.5 Å². The van der Waals surface area contributed by atoms with Gasteiger partial charge in [-0.25, -0.2) is 0 Å². The van der Waals surface area contributed by atoms with Gasteiger partial charge in [0.25, 0.3) is 5.91 Å². The van der Waals surface area contributed by atoms with E-state index < -0.39 is 0 Å². The molecule has 0 aliphatic heterocycles. The van der Waals surface area contributed by atoms with E-state index in [-0.39, 0.29) is 23.8 Å². The molecule has 2 aromatic carbocycles. The van der Waals surface area contributed by atoms with Gasteiger partial charge in [0, 0.05) is 12.6 Å². The molecule has 0 spiro atoms. The first-order chi connectivity index (χ1) is 10.1. The zero-order chi connectivity index (χ0) is 15.2. The molecule has 0 saturated carbocycles. The Morgan fingerprint density at radius 3 is 2.57 bits per heavy atom. The number of amides is 1. The Bertz CT molecular complexity index is 664. The number of hydrogen-bond acceptors (Lipinski definition) is 4. The summed E-state index contributed by atoms with van der Waals surface area (Å²) in [6.45, 7) is 2.22. The number of phenols is 1. The SMILES string of the molecule is CNC(=O)c1cccc(CN=Nc2ccc(C)cc2)c1O. The smallest absolute Gasteiger partial charge is 0.254 e. The van der Waals surface area contributed by atoms with Gasteiger partial charge in [0.05, 0.1) is 17.8 Å². The van der Waals surface area contributed by atoms with Gasteiger partial charge in [-0.2, -0.15) is 10.2 Å². The number of benzene rings is 2. The van der Waals surface area contributed by atoms with Crippen molar-refractivity contribution in [3.8, 4) is 5.75 Å². The zero-order valence-corrected chi connectivity index (χ0v) is 12.0. The predicted octanol–water partition coefficient (Wildman–Crippen LogP) is 3.34. The third-order valence-corrected chi connectivity index (χ3v) is 3.05. The molecular formula is C16H17N3O2.